The molecule has 0 atom stereocenters. The van der Waals surface area contributed by atoms with Crippen molar-refractivity contribution in [3.05, 3.63) is 52.0 Å². The van der Waals surface area contributed by atoms with Crippen LogP contribution in [0.3, 0.4) is 0 Å². The predicted octanol–water partition coefficient (Wildman–Crippen LogP) is 4.38. The van der Waals surface area contributed by atoms with Gasteiger partial charge in [-0.25, -0.2) is 0 Å². The molecular weight excluding hydrogens is 388 g/mol. The van der Waals surface area contributed by atoms with Crippen molar-refractivity contribution in [1.82, 2.24) is 0 Å². The summed E-state index contributed by atoms with van der Waals surface area (Å²) in [4.78, 5) is 12.6. The van der Waals surface area contributed by atoms with E-state index in [0.29, 0.717) is 28.6 Å². The van der Waals surface area contributed by atoms with Crippen LogP contribution in [0.5, 0.6) is 23.0 Å². The first-order valence-corrected chi connectivity index (χ1v) is 8.19. The normalized spacial score (nSPS) is 10.6. The van der Waals surface area contributed by atoms with Crippen LogP contribution in [0.15, 0.2) is 40.9 Å². The molecular formula is C19H19BrO5. The lowest BCUT2D eigenvalue weighted by molar-refractivity contribution is 0.104. The Bertz CT molecular complexity index is 799. The van der Waals surface area contributed by atoms with Crippen LogP contribution < -0.4 is 18.9 Å². The average Bonchev–Trinajstić information content (AvgIpc) is 2.65. The van der Waals surface area contributed by atoms with Crippen molar-refractivity contribution in [2.24, 2.45) is 0 Å². The van der Waals surface area contributed by atoms with E-state index in [1.54, 1.807) is 57.7 Å². The first kappa shape index (κ1) is 18.9. The van der Waals surface area contributed by atoms with Gasteiger partial charge in [0.15, 0.2) is 17.3 Å². The minimum atomic E-state index is -0.197. The minimum Gasteiger partial charge on any atom is -0.497 e. The third-order valence-corrected chi connectivity index (χ3v) is 4.28. The van der Waals surface area contributed by atoms with Gasteiger partial charge in [0.25, 0.3) is 0 Å². The summed E-state index contributed by atoms with van der Waals surface area (Å²) in [5.41, 5.74) is 1.21. The molecule has 0 unspecified atom stereocenters. The summed E-state index contributed by atoms with van der Waals surface area (Å²) < 4.78 is 21.7. The zero-order valence-electron chi connectivity index (χ0n) is 14.5. The number of allylic oxidation sites excluding steroid dienone is 1. The lowest BCUT2D eigenvalue weighted by atomic mass is 10.1. The summed E-state index contributed by atoms with van der Waals surface area (Å²) in [6.45, 7) is 0. The highest BCUT2D eigenvalue weighted by atomic mass is 79.9. The Morgan fingerprint density at radius 2 is 1.52 bits per heavy atom. The van der Waals surface area contributed by atoms with Gasteiger partial charge in [0.2, 0.25) is 0 Å². The molecule has 2 aromatic rings. The van der Waals surface area contributed by atoms with E-state index in [1.165, 1.54) is 13.2 Å². The van der Waals surface area contributed by atoms with Crippen molar-refractivity contribution in [1.29, 1.82) is 0 Å². The number of halogens is 1. The zero-order chi connectivity index (χ0) is 18.4. The van der Waals surface area contributed by atoms with Gasteiger partial charge in [0.05, 0.1) is 34.0 Å². The van der Waals surface area contributed by atoms with E-state index in [-0.39, 0.29) is 5.78 Å². The largest absolute Gasteiger partial charge is 0.497 e. The number of benzene rings is 2. The molecule has 2 rings (SSSR count). The van der Waals surface area contributed by atoms with E-state index < -0.39 is 0 Å². The van der Waals surface area contributed by atoms with Gasteiger partial charge in [-0.3, -0.25) is 4.79 Å². The van der Waals surface area contributed by atoms with Crippen molar-refractivity contribution >= 4 is 27.8 Å². The summed E-state index contributed by atoms with van der Waals surface area (Å²) in [6, 6.07) is 8.66. The summed E-state index contributed by atoms with van der Waals surface area (Å²) in [7, 11) is 6.20. The monoisotopic (exact) mass is 406 g/mol. The molecule has 2 aromatic carbocycles. The van der Waals surface area contributed by atoms with Crippen LogP contribution in [0.4, 0.5) is 0 Å². The van der Waals surface area contributed by atoms with E-state index in [0.717, 1.165) is 10.0 Å². The van der Waals surface area contributed by atoms with Crippen LogP contribution in [0.1, 0.15) is 15.9 Å². The second kappa shape index (κ2) is 8.58. The van der Waals surface area contributed by atoms with Crippen molar-refractivity contribution < 1.29 is 23.7 Å². The number of rotatable bonds is 7. The van der Waals surface area contributed by atoms with Gasteiger partial charge in [-0.1, -0.05) is 15.9 Å². The first-order chi connectivity index (χ1) is 12.0. The Hall–Kier alpha value is -2.47. The van der Waals surface area contributed by atoms with Gasteiger partial charge in [-0.15, -0.1) is 0 Å². The lowest BCUT2D eigenvalue weighted by Gasteiger charge is -2.10. The fourth-order valence-electron chi connectivity index (χ4n) is 2.26. The Labute approximate surface area is 155 Å². The molecule has 0 aliphatic carbocycles. The van der Waals surface area contributed by atoms with Crippen molar-refractivity contribution in [2.45, 2.75) is 0 Å². The molecule has 0 N–H and O–H groups in total. The summed E-state index contributed by atoms with van der Waals surface area (Å²) in [6.07, 6.45) is 3.18. The molecule has 0 aliphatic heterocycles. The predicted molar refractivity (Wildman–Crippen MR) is 100 cm³/mol. The first-order valence-electron chi connectivity index (χ1n) is 7.40. The molecule has 25 heavy (non-hydrogen) atoms. The highest BCUT2D eigenvalue weighted by molar-refractivity contribution is 9.10. The fraction of sp³-hybridized carbons (Fsp3) is 0.211. The van der Waals surface area contributed by atoms with Gasteiger partial charge in [-0.05, 0) is 48.0 Å². The molecule has 0 saturated carbocycles. The standard InChI is InChI=1S/C19H19BrO5/c1-22-13-6-8-17(23-2)14(10-13)16(21)7-5-12-9-18(24-3)19(25-4)11-15(12)20/h5-11H,1-4H3/b7-5+. The number of ketones is 1. The molecule has 0 amide bonds. The molecule has 0 aromatic heterocycles. The highest BCUT2D eigenvalue weighted by Crippen LogP contribution is 2.34. The Balaban J connectivity index is 2.35. The summed E-state index contributed by atoms with van der Waals surface area (Å²) in [5, 5.41) is 0. The minimum absolute atomic E-state index is 0.197. The maximum atomic E-state index is 12.6. The van der Waals surface area contributed by atoms with Crippen LogP contribution in [0.25, 0.3) is 6.08 Å². The maximum absolute atomic E-state index is 12.6. The number of methoxy groups -OCH3 is 4. The van der Waals surface area contributed by atoms with Gasteiger partial charge < -0.3 is 18.9 Å². The molecule has 0 bridgehead atoms. The smallest absolute Gasteiger partial charge is 0.189 e. The molecule has 6 heteroatoms. The van der Waals surface area contributed by atoms with Crippen LogP contribution in [0, 0.1) is 0 Å². The molecule has 0 spiro atoms. The van der Waals surface area contributed by atoms with Crippen LogP contribution >= 0.6 is 15.9 Å². The van der Waals surface area contributed by atoms with Crippen molar-refractivity contribution in [3.8, 4) is 23.0 Å². The van der Waals surface area contributed by atoms with E-state index in [1.807, 2.05) is 0 Å². The number of carbonyl (C=O) groups excluding carboxylic acids is 1. The van der Waals surface area contributed by atoms with Crippen LogP contribution in [-0.4, -0.2) is 34.2 Å². The third kappa shape index (κ3) is 4.33. The molecule has 0 fully saturated rings. The number of hydrogen-bond donors (Lipinski definition) is 0. The van der Waals surface area contributed by atoms with Gasteiger partial charge in [-0.2, -0.15) is 0 Å². The van der Waals surface area contributed by atoms with E-state index in [4.69, 9.17) is 18.9 Å². The molecule has 0 radical (unpaired) electrons. The zero-order valence-corrected chi connectivity index (χ0v) is 16.0. The highest BCUT2D eigenvalue weighted by Gasteiger charge is 2.12. The SMILES string of the molecule is COc1ccc(OC)c(C(=O)/C=C/c2cc(OC)c(OC)cc2Br)c1. The fourth-order valence-corrected chi connectivity index (χ4v) is 2.71. The van der Waals surface area contributed by atoms with Crippen molar-refractivity contribution in [2.75, 3.05) is 28.4 Å². The van der Waals surface area contributed by atoms with E-state index in [9.17, 15) is 4.79 Å². The van der Waals surface area contributed by atoms with Gasteiger partial charge >= 0.3 is 0 Å². The van der Waals surface area contributed by atoms with Crippen molar-refractivity contribution in [3.63, 3.8) is 0 Å². The maximum Gasteiger partial charge on any atom is 0.189 e. The molecule has 5 nitrogen and oxygen atoms in total. The Morgan fingerprint density at radius 3 is 2.12 bits per heavy atom. The topological polar surface area (TPSA) is 54.0 Å². The lowest BCUT2D eigenvalue weighted by Crippen LogP contribution is -2.00. The molecule has 132 valence electrons. The Kier molecular flexibility index (Phi) is 6.47. The van der Waals surface area contributed by atoms with Crippen LogP contribution in [0.2, 0.25) is 0 Å². The molecule has 0 aliphatic rings. The average molecular weight is 407 g/mol. The van der Waals surface area contributed by atoms with E-state index in [2.05, 4.69) is 15.9 Å². The number of ether oxygens (including phenoxy) is 4. The Morgan fingerprint density at radius 1 is 0.880 bits per heavy atom. The second-order valence-electron chi connectivity index (χ2n) is 4.99. The molecule has 0 heterocycles. The van der Waals surface area contributed by atoms with Crippen LogP contribution in [-0.2, 0) is 0 Å². The van der Waals surface area contributed by atoms with Gasteiger partial charge in [0, 0.05) is 4.47 Å². The summed E-state index contributed by atoms with van der Waals surface area (Å²) in [5.74, 6) is 2.06. The number of hydrogen-bond acceptors (Lipinski definition) is 5. The third-order valence-electron chi connectivity index (χ3n) is 3.59. The number of carbonyl (C=O) groups is 1. The summed E-state index contributed by atoms with van der Waals surface area (Å²) >= 11 is 3.47. The second-order valence-corrected chi connectivity index (χ2v) is 5.85. The molecule has 0 saturated heterocycles. The van der Waals surface area contributed by atoms with E-state index >= 15 is 0 Å². The quantitative estimate of drug-likeness (QED) is 0.504. The van der Waals surface area contributed by atoms with Gasteiger partial charge in [0.1, 0.15) is 11.5 Å².